The molecule has 0 bridgehead atoms. The Morgan fingerprint density at radius 2 is 1.97 bits per heavy atom. The first-order valence-electron chi connectivity index (χ1n) is 11.4. The number of nitrogens with one attached hydrogen (secondary N) is 1. The fraction of sp³-hybridized carbons (Fsp3) is 0.308. The van der Waals surface area contributed by atoms with E-state index < -0.39 is 0 Å². The zero-order valence-corrected chi connectivity index (χ0v) is 19.5. The predicted octanol–water partition coefficient (Wildman–Crippen LogP) is 4.49. The number of aryl methyl sites for hydroxylation is 2. The Labute approximate surface area is 198 Å². The van der Waals surface area contributed by atoms with Crippen molar-refractivity contribution in [3.63, 3.8) is 0 Å². The van der Waals surface area contributed by atoms with Gasteiger partial charge in [-0.3, -0.25) is 5.10 Å². The van der Waals surface area contributed by atoms with Crippen LogP contribution in [0.4, 0.5) is 5.69 Å². The first kappa shape index (κ1) is 21.9. The summed E-state index contributed by atoms with van der Waals surface area (Å²) in [5.41, 5.74) is 7.15. The van der Waals surface area contributed by atoms with Crippen LogP contribution in [-0.2, 0) is 4.74 Å². The molecule has 1 fully saturated rings. The number of aromatic amines is 1. The summed E-state index contributed by atoms with van der Waals surface area (Å²) in [5.74, 6) is 0.739. The van der Waals surface area contributed by atoms with Crippen molar-refractivity contribution in [3.8, 4) is 23.1 Å². The Kier molecular flexibility index (Phi) is 5.86. The van der Waals surface area contributed by atoms with Crippen molar-refractivity contribution in [1.29, 1.82) is 5.26 Å². The summed E-state index contributed by atoms with van der Waals surface area (Å²) in [6.07, 6.45) is 1.58. The van der Waals surface area contributed by atoms with E-state index in [1.807, 2.05) is 51.1 Å². The average Bonchev–Trinajstić information content (AvgIpc) is 3.27. The predicted molar refractivity (Wildman–Crippen MR) is 130 cm³/mol. The number of hydrogen-bond acceptors (Lipinski definition) is 7. The molecular weight excluding hydrogens is 428 g/mol. The number of hydrogen-bond donors (Lipinski definition) is 1. The number of anilines is 1. The van der Waals surface area contributed by atoms with E-state index >= 15 is 0 Å². The highest BCUT2D eigenvalue weighted by molar-refractivity contribution is 5.94. The quantitative estimate of drug-likeness (QED) is 0.474. The topological polar surface area (TPSA) is 100.0 Å². The van der Waals surface area contributed by atoms with E-state index in [9.17, 15) is 5.26 Å². The Hall–Kier alpha value is -3.96. The van der Waals surface area contributed by atoms with Crippen molar-refractivity contribution in [3.05, 3.63) is 65.0 Å². The van der Waals surface area contributed by atoms with E-state index in [0.29, 0.717) is 18.8 Å². The van der Waals surface area contributed by atoms with Crippen LogP contribution in [-0.4, -0.2) is 46.7 Å². The molecule has 8 heteroatoms. The molecule has 1 aliphatic heterocycles. The van der Waals surface area contributed by atoms with Gasteiger partial charge in [0.05, 0.1) is 42.3 Å². The number of aromatic nitrogens is 4. The minimum absolute atomic E-state index is 0.182. The summed E-state index contributed by atoms with van der Waals surface area (Å²) in [4.78, 5) is 2.24. The number of morpholine rings is 1. The van der Waals surface area contributed by atoms with Gasteiger partial charge in [0.1, 0.15) is 17.5 Å². The van der Waals surface area contributed by atoms with Crippen LogP contribution in [0.25, 0.3) is 22.2 Å². The first-order valence-corrected chi connectivity index (χ1v) is 11.4. The highest BCUT2D eigenvalue weighted by atomic mass is 16.5. The van der Waals surface area contributed by atoms with Gasteiger partial charge in [0.25, 0.3) is 0 Å². The van der Waals surface area contributed by atoms with Crippen LogP contribution < -0.4 is 9.64 Å². The van der Waals surface area contributed by atoms with Gasteiger partial charge in [0, 0.05) is 35.3 Å². The van der Waals surface area contributed by atoms with Crippen LogP contribution in [0, 0.1) is 25.2 Å². The standard InChI is InChI=1S/C26H26N6O2/c1-16-15-28-29-17(2)25(16)18(3)34-22-4-5-24-23(13-22)26(31-30-24)20-10-19(14-27)11-21(12-20)32-6-8-33-9-7-32/h4-5,10-13,15,18H,6-9H2,1-3H3,(H,30,31)/t18-/m1/s1. The summed E-state index contributed by atoms with van der Waals surface area (Å²) >= 11 is 0. The zero-order valence-electron chi connectivity index (χ0n) is 19.5. The van der Waals surface area contributed by atoms with Crippen molar-refractivity contribution in [2.24, 2.45) is 0 Å². The SMILES string of the molecule is Cc1cnnc(C)c1[C@@H](C)Oc1ccc2[nH]nc(-c3cc(C#N)cc(N4CCOCC4)c3)c2c1. The summed E-state index contributed by atoms with van der Waals surface area (Å²) in [6.45, 7) is 8.94. The van der Waals surface area contributed by atoms with Crippen LogP contribution in [0.2, 0.25) is 0 Å². The second-order valence-corrected chi connectivity index (χ2v) is 8.55. The van der Waals surface area contributed by atoms with Crippen LogP contribution >= 0.6 is 0 Å². The maximum atomic E-state index is 9.64. The summed E-state index contributed by atoms with van der Waals surface area (Å²) in [6, 6.07) is 14.1. The summed E-state index contributed by atoms with van der Waals surface area (Å²) in [5, 5.41) is 26.5. The molecule has 1 saturated heterocycles. The molecule has 0 amide bonds. The second kappa shape index (κ2) is 9.12. The van der Waals surface area contributed by atoms with Crippen LogP contribution in [0.15, 0.2) is 42.6 Å². The molecule has 0 radical (unpaired) electrons. The normalized spacial score (nSPS) is 14.7. The van der Waals surface area contributed by atoms with Gasteiger partial charge >= 0.3 is 0 Å². The van der Waals surface area contributed by atoms with Crippen molar-refractivity contribution in [1.82, 2.24) is 20.4 Å². The molecule has 1 atom stereocenters. The Morgan fingerprint density at radius 3 is 2.74 bits per heavy atom. The van der Waals surface area contributed by atoms with Gasteiger partial charge in [-0.05, 0) is 62.7 Å². The fourth-order valence-corrected chi connectivity index (χ4v) is 4.59. The van der Waals surface area contributed by atoms with Gasteiger partial charge < -0.3 is 14.4 Å². The van der Waals surface area contributed by atoms with Gasteiger partial charge in [-0.2, -0.15) is 20.6 Å². The van der Waals surface area contributed by atoms with E-state index in [0.717, 1.165) is 63.5 Å². The molecule has 0 spiro atoms. The number of ether oxygens (including phenoxy) is 2. The smallest absolute Gasteiger partial charge is 0.123 e. The first-order chi connectivity index (χ1) is 16.5. The van der Waals surface area contributed by atoms with Crippen LogP contribution in [0.3, 0.4) is 0 Å². The molecule has 5 rings (SSSR count). The third kappa shape index (κ3) is 4.18. The molecule has 2 aromatic heterocycles. The van der Waals surface area contributed by atoms with E-state index in [1.54, 1.807) is 6.20 Å². The third-order valence-corrected chi connectivity index (χ3v) is 6.22. The highest BCUT2D eigenvalue weighted by Gasteiger charge is 2.18. The van der Waals surface area contributed by atoms with Crippen molar-refractivity contribution in [2.75, 3.05) is 31.2 Å². The molecule has 2 aromatic carbocycles. The van der Waals surface area contributed by atoms with Gasteiger partial charge in [-0.25, -0.2) is 0 Å². The number of rotatable bonds is 5. The number of fused-ring (bicyclic) bond motifs is 1. The lowest BCUT2D eigenvalue weighted by Crippen LogP contribution is -2.36. The molecule has 3 heterocycles. The lowest BCUT2D eigenvalue weighted by molar-refractivity contribution is 0.122. The zero-order chi connectivity index (χ0) is 23.7. The Bertz CT molecular complexity index is 1360. The molecule has 0 unspecified atom stereocenters. The number of benzene rings is 2. The van der Waals surface area contributed by atoms with Crippen LogP contribution in [0.5, 0.6) is 5.75 Å². The summed E-state index contributed by atoms with van der Waals surface area (Å²) < 4.78 is 11.8. The number of nitrogens with zero attached hydrogens (tertiary/aromatic N) is 5. The average molecular weight is 455 g/mol. The molecule has 172 valence electrons. The molecule has 4 aromatic rings. The Balaban J connectivity index is 1.51. The second-order valence-electron chi connectivity index (χ2n) is 8.55. The van der Waals surface area contributed by atoms with Crippen molar-refractivity contribution in [2.45, 2.75) is 26.9 Å². The molecule has 0 aliphatic carbocycles. The van der Waals surface area contributed by atoms with Gasteiger partial charge in [-0.15, -0.1) is 0 Å². The van der Waals surface area contributed by atoms with E-state index in [2.05, 4.69) is 37.4 Å². The number of nitriles is 1. The molecule has 8 nitrogen and oxygen atoms in total. The van der Waals surface area contributed by atoms with Crippen molar-refractivity contribution < 1.29 is 9.47 Å². The Morgan fingerprint density at radius 1 is 1.15 bits per heavy atom. The summed E-state index contributed by atoms with van der Waals surface area (Å²) in [7, 11) is 0. The lowest BCUT2D eigenvalue weighted by Gasteiger charge is -2.29. The highest BCUT2D eigenvalue weighted by Crippen LogP contribution is 2.34. The maximum Gasteiger partial charge on any atom is 0.123 e. The molecule has 34 heavy (non-hydrogen) atoms. The molecule has 0 saturated carbocycles. The van der Waals surface area contributed by atoms with Crippen LogP contribution in [0.1, 0.15) is 35.4 Å². The van der Waals surface area contributed by atoms with Crippen molar-refractivity contribution >= 4 is 16.6 Å². The third-order valence-electron chi connectivity index (χ3n) is 6.22. The minimum Gasteiger partial charge on any atom is -0.486 e. The molecule has 1 N–H and O–H groups in total. The number of H-pyrrole nitrogens is 1. The van der Waals surface area contributed by atoms with Gasteiger partial charge in [0.2, 0.25) is 0 Å². The minimum atomic E-state index is -0.182. The fourth-order valence-electron chi connectivity index (χ4n) is 4.59. The van der Waals surface area contributed by atoms with Gasteiger partial charge in [-0.1, -0.05) is 0 Å². The molecule has 1 aliphatic rings. The lowest BCUT2D eigenvalue weighted by atomic mass is 10.0. The monoisotopic (exact) mass is 454 g/mol. The maximum absolute atomic E-state index is 9.64. The largest absolute Gasteiger partial charge is 0.486 e. The van der Waals surface area contributed by atoms with Gasteiger partial charge in [0.15, 0.2) is 0 Å². The van der Waals surface area contributed by atoms with E-state index in [1.165, 1.54) is 0 Å². The van der Waals surface area contributed by atoms with E-state index in [-0.39, 0.29) is 6.10 Å². The van der Waals surface area contributed by atoms with E-state index in [4.69, 9.17) is 9.47 Å². The molecular formula is C26H26N6O2.